The number of hydrogen-bond acceptors (Lipinski definition) is 2. The molecule has 0 bridgehead atoms. The molecule has 0 fully saturated rings. The minimum absolute atomic E-state index is 0.215. The van der Waals surface area contributed by atoms with Crippen LogP contribution in [0.4, 0.5) is 0 Å². The first kappa shape index (κ1) is 17.6. The predicted molar refractivity (Wildman–Crippen MR) is 77.1 cm³/mol. The molecule has 0 aromatic carbocycles. The molecular formula is C14H28O3S. The molecule has 108 valence electrons. The molecule has 0 saturated carbocycles. The first-order valence-electron chi connectivity index (χ1n) is 7.11. The highest BCUT2D eigenvalue weighted by Crippen LogP contribution is 2.14. The van der Waals surface area contributed by atoms with Gasteiger partial charge in [0.2, 0.25) is 0 Å². The quantitative estimate of drug-likeness (QED) is 0.445. The summed E-state index contributed by atoms with van der Waals surface area (Å²) in [6, 6.07) is 0. The maximum Gasteiger partial charge on any atom is 0.287 e. The van der Waals surface area contributed by atoms with Crippen molar-refractivity contribution in [3.63, 3.8) is 0 Å². The van der Waals surface area contributed by atoms with Gasteiger partial charge in [-0.25, -0.2) is 0 Å². The summed E-state index contributed by atoms with van der Waals surface area (Å²) in [6.07, 6.45) is 12.8. The molecule has 0 radical (unpaired) electrons. The fourth-order valence-electron chi connectivity index (χ4n) is 1.93. The van der Waals surface area contributed by atoms with Gasteiger partial charge in [-0.3, -0.25) is 4.55 Å². The van der Waals surface area contributed by atoms with Crippen LogP contribution in [0.3, 0.4) is 0 Å². The molecule has 0 rings (SSSR count). The highest BCUT2D eigenvalue weighted by Gasteiger charge is 2.01. The van der Waals surface area contributed by atoms with Crippen LogP contribution in [-0.2, 0) is 10.1 Å². The summed E-state index contributed by atoms with van der Waals surface area (Å²) in [4.78, 5) is 0. The molecule has 0 aromatic rings. The zero-order chi connectivity index (χ0) is 13.9. The van der Waals surface area contributed by atoms with Gasteiger partial charge in [0, 0.05) is 0 Å². The number of allylic oxidation sites excluding steroid dienone is 1. The van der Waals surface area contributed by atoms with Crippen molar-refractivity contribution in [1.29, 1.82) is 0 Å². The van der Waals surface area contributed by atoms with Crippen LogP contribution in [-0.4, -0.2) is 13.0 Å². The Balaban J connectivity index is 3.41. The lowest BCUT2D eigenvalue weighted by atomic mass is 10.0. The highest BCUT2D eigenvalue weighted by atomic mass is 32.2. The third-order valence-electron chi connectivity index (χ3n) is 3.09. The summed E-state index contributed by atoms with van der Waals surface area (Å²) in [6.45, 7) is 4.20. The third kappa shape index (κ3) is 13.7. The monoisotopic (exact) mass is 276 g/mol. The van der Waals surface area contributed by atoms with Crippen molar-refractivity contribution in [2.45, 2.75) is 71.6 Å². The second kappa shape index (κ2) is 10.6. The van der Waals surface area contributed by atoms with Crippen LogP contribution in [0.5, 0.6) is 0 Å². The summed E-state index contributed by atoms with van der Waals surface area (Å²) in [7, 11) is -3.95. The van der Waals surface area contributed by atoms with E-state index in [-0.39, 0.29) is 5.92 Å². The van der Waals surface area contributed by atoms with Crippen LogP contribution in [0.2, 0.25) is 0 Å². The summed E-state index contributed by atoms with van der Waals surface area (Å²) >= 11 is 0. The topological polar surface area (TPSA) is 54.4 Å². The largest absolute Gasteiger partial charge is 0.287 e. The average Bonchev–Trinajstić information content (AvgIpc) is 2.29. The average molecular weight is 276 g/mol. The van der Waals surface area contributed by atoms with E-state index in [1.165, 1.54) is 44.9 Å². The van der Waals surface area contributed by atoms with Crippen molar-refractivity contribution in [1.82, 2.24) is 0 Å². The van der Waals surface area contributed by atoms with Crippen LogP contribution in [0.25, 0.3) is 0 Å². The van der Waals surface area contributed by atoms with Gasteiger partial charge in [0.15, 0.2) is 0 Å². The zero-order valence-corrected chi connectivity index (χ0v) is 12.6. The molecular weight excluding hydrogens is 248 g/mol. The normalized spacial score (nSPS) is 14.2. The minimum Gasteiger partial charge on any atom is -0.282 e. The Morgan fingerprint density at radius 2 is 1.50 bits per heavy atom. The summed E-state index contributed by atoms with van der Waals surface area (Å²) in [5.41, 5.74) is 0. The second-order valence-corrected chi connectivity index (χ2v) is 6.39. The lowest BCUT2D eigenvalue weighted by Crippen LogP contribution is -1.94. The van der Waals surface area contributed by atoms with E-state index in [9.17, 15) is 8.42 Å². The van der Waals surface area contributed by atoms with E-state index in [1.807, 2.05) is 6.92 Å². The van der Waals surface area contributed by atoms with Gasteiger partial charge in [-0.1, -0.05) is 71.3 Å². The molecule has 3 nitrogen and oxygen atoms in total. The Labute approximate surface area is 112 Å². The smallest absolute Gasteiger partial charge is 0.282 e. The Bertz CT molecular complexity index is 307. The fraction of sp³-hybridized carbons (Fsp3) is 0.857. The van der Waals surface area contributed by atoms with Crippen LogP contribution in [0.15, 0.2) is 11.5 Å². The maximum absolute atomic E-state index is 10.5. The van der Waals surface area contributed by atoms with Crippen LogP contribution < -0.4 is 0 Å². The Hall–Kier alpha value is -0.350. The van der Waals surface area contributed by atoms with Gasteiger partial charge in [0.25, 0.3) is 10.1 Å². The van der Waals surface area contributed by atoms with Crippen molar-refractivity contribution >= 4 is 10.1 Å². The van der Waals surface area contributed by atoms with E-state index < -0.39 is 10.1 Å². The minimum atomic E-state index is -3.95. The molecule has 4 heteroatoms. The molecule has 0 amide bonds. The Morgan fingerprint density at radius 1 is 1.00 bits per heavy atom. The van der Waals surface area contributed by atoms with Crippen LogP contribution in [0, 0.1) is 5.92 Å². The van der Waals surface area contributed by atoms with E-state index in [0.717, 1.165) is 18.2 Å². The molecule has 0 saturated heterocycles. The molecule has 1 unspecified atom stereocenters. The Morgan fingerprint density at radius 3 is 2.00 bits per heavy atom. The first-order chi connectivity index (χ1) is 8.45. The zero-order valence-electron chi connectivity index (χ0n) is 11.8. The molecule has 0 aliphatic heterocycles. The van der Waals surface area contributed by atoms with Gasteiger partial charge < -0.3 is 0 Å². The predicted octanol–water partition coefficient (Wildman–Crippen LogP) is 4.55. The van der Waals surface area contributed by atoms with E-state index in [4.69, 9.17) is 4.55 Å². The third-order valence-corrected chi connectivity index (χ3v) is 3.59. The van der Waals surface area contributed by atoms with Crippen molar-refractivity contribution in [2.24, 2.45) is 5.92 Å². The second-order valence-electron chi connectivity index (χ2n) is 5.08. The number of hydrogen-bond donors (Lipinski definition) is 1. The molecule has 0 spiro atoms. The fourth-order valence-corrected chi connectivity index (χ4v) is 2.40. The molecule has 0 aliphatic rings. The van der Waals surface area contributed by atoms with E-state index in [0.29, 0.717) is 0 Å². The van der Waals surface area contributed by atoms with Crippen molar-refractivity contribution < 1.29 is 13.0 Å². The van der Waals surface area contributed by atoms with Crippen molar-refractivity contribution in [3.05, 3.63) is 11.5 Å². The summed E-state index contributed by atoms with van der Waals surface area (Å²) < 4.78 is 29.6. The van der Waals surface area contributed by atoms with Crippen LogP contribution >= 0.6 is 0 Å². The SMILES string of the molecule is CCCCCCCCCCC(C)C=CS(=O)(=O)O. The van der Waals surface area contributed by atoms with E-state index >= 15 is 0 Å². The molecule has 0 aromatic heterocycles. The summed E-state index contributed by atoms with van der Waals surface area (Å²) in [5, 5.41) is 0.891. The van der Waals surface area contributed by atoms with Gasteiger partial charge in [-0.05, 0) is 12.3 Å². The summed E-state index contributed by atoms with van der Waals surface area (Å²) in [5.74, 6) is 0.215. The molecule has 1 atom stereocenters. The van der Waals surface area contributed by atoms with E-state index in [2.05, 4.69) is 6.92 Å². The van der Waals surface area contributed by atoms with Gasteiger partial charge >= 0.3 is 0 Å². The van der Waals surface area contributed by atoms with Gasteiger partial charge in [0.05, 0.1) is 5.41 Å². The number of rotatable bonds is 11. The van der Waals surface area contributed by atoms with Crippen LogP contribution in [0.1, 0.15) is 71.6 Å². The van der Waals surface area contributed by atoms with Crippen molar-refractivity contribution in [2.75, 3.05) is 0 Å². The molecule has 0 heterocycles. The van der Waals surface area contributed by atoms with Gasteiger partial charge in [0.1, 0.15) is 0 Å². The molecule has 0 aliphatic carbocycles. The van der Waals surface area contributed by atoms with E-state index in [1.54, 1.807) is 6.08 Å². The van der Waals surface area contributed by atoms with Gasteiger partial charge in [-0.2, -0.15) is 8.42 Å². The van der Waals surface area contributed by atoms with Gasteiger partial charge in [-0.15, -0.1) is 0 Å². The number of unbranched alkanes of at least 4 members (excludes halogenated alkanes) is 7. The standard InChI is InChI=1S/C14H28O3S/c1-3-4-5-6-7-8-9-10-11-14(2)12-13-18(15,16)17/h12-14H,3-11H2,1-2H3,(H,15,16,17). The maximum atomic E-state index is 10.5. The molecule has 18 heavy (non-hydrogen) atoms. The molecule has 1 N–H and O–H groups in total. The highest BCUT2D eigenvalue weighted by molar-refractivity contribution is 7.88. The van der Waals surface area contributed by atoms with Crippen molar-refractivity contribution in [3.8, 4) is 0 Å². The first-order valence-corrected chi connectivity index (χ1v) is 8.61. The Kier molecular flexibility index (Phi) is 10.4. The lowest BCUT2D eigenvalue weighted by molar-refractivity contribution is 0.493. The lowest BCUT2D eigenvalue weighted by Gasteiger charge is -2.05.